The highest BCUT2D eigenvalue weighted by Crippen LogP contribution is 2.27. The highest BCUT2D eigenvalue weighted by Gasteiger charge is 2.29. The van der Waals surface area contributed by atoms with E-state index in [1.807, 2.05) is 0 Å². The van der Waals surface area contributed by atoms with Gasteiger partial charge in [-0.1, -0.05) is 0 Å². The van der Waals surface area contributed by atoms with E-state index in [2.05, 4.69) is 5.32 Å². The fraction of sp³-hybridized carbons (Fsp3) is 0.571. The Hall–Kier alpha value is -0.720. The molecule has 1 aliphatic rings. The van der Waals surface area contributed by atoms with Gasteiger partial charge >= 0.3 is 0 Å². The van der Waals surface area contributed by atoms with Crippen molar-refractivity contribution in [2.75, 3.05) is 18.1 Å². The predicted octanol–water partition coefficient (Wildman–Crippen LogP) is 3.01. The van der Waals surface area contributed by atoms with Gasteiger partial charge in [0.2, 0.25) is 0 Å². The molecule has 2 rings (SSSR count). The smallest absolute Gasteiger partial charge is 0.194 e. The zero-order valence-corrected chi connectivity index (χ0v) is 12.1. The molecule has 1 aromatic carbocycles. The quantitative estimate of drug-likeness (QED) is 0.839. The molecule has 2 nitrogen and oxygen atoms in total. The molecule has 0 amide bonds. The number of benzene rings is 1. The first kappa shape index (κ1) is 15.7. The first-order valence-electron chi connectivity index (χ1n) is 6.59. The van der Waals surface area contributed by atoms with E-state index in [9.17, 15) is 18.3 Å². The normalized spacial score (nSPS) is 19.9. The molecule has 20 heavy (non-hydrogen) atoms. The second kappa shape index (κ2) is 6.37. The van der Waals surface area contributed by atoms with E-state index in [1.54, 1.807) is 18.7 Å². The zero-order chi connectivity index (χ0) is 14.8. The topological polar surface area (TPSA) is 32.3 Å². The fourth-order valence-corrected chi connectivity index (χ4v) is 3.47. The molecule has 0 spiro atoms. The third kappa shape index (κ3) is 3.68. The van der Waals surface area contributed by atoms with Gasteiger partial charge in [0.25, 0.3) is 0 Å². The third-order valence-electron chi connectivity index (χ3n) is 3.67. The van der Waals surface area contributed by atoms with Crippen molar-refractivity contribution < 1.29 is 18.3 Å². The van der Waals surface area contributed by atoms with E-state index in [0.29, 0.717) is 24.9 Å². The van der Waals surface area contributed by atoms with Crippen molar-refractivity contribution in [1.82, 2.24) is 5.32 Å². The highest BCUT2D eigenvalue weighted by atomic mass is 32.2. The molecular formula is C14H18F3NOS. The van der Waals surface area contributed by atoms with Gasteiger partial charge in [0.05, 0.1) is 5.60 Å². The first-order valence-corrected chi connectivity index (χ1v) is 7.75. The lowest BCUT2D eigenvalue weighted by molar-refractivity contribution is 0.0300. The molecule has 0 aliphatic carbocycles. The minimum absolute atomic E-state index is 0.329. The van der Waals surface area contributed by atoms with Gasteiger partial charge in [-0.3, -0.25) is 0 Å². The number of hydrogen-bond acceptors (Lipinski definition) is 3. The van der Waals surface area contributed by atoms with Crippen LogP contribution in [0.25, 0.3) is 0 Å². The molecule has 1 fully saturated rings. The number of hydrogen-bond donors (Lipinski definition) is 2. The molecule has 1 saturated heterocycles. The van der Waals surface area contributed by atoms with E-state index in [4.69, 9.17) is 0 Å². The summed E-state index contributed by atoms with van der Waals surface area (Å²) >= 11 is 1.80. The van der Waals surface area contributed by atoms with Crippen molar-refractivity contribution in [3.05, 3.63) is 35.1 Å². The zero-order valence-electron chi connectivity index (χ0n) is 11.3. The van der Waals surface area contributed by atoms with Crippen LogP contribution in [-0.4, -0.2) is 28.8 Å². The van der Waals surface area contributed by atoms with Crippen LogP contribution in [0, 0.1) is 17.5 Å². The van der Waals surface area contributed by atoms with Crippen LogP contribution < -0.4 is 5.32 Å². The maximum atomic E-state index is 13.2. The summed E-state index contributed by atoms with van der Waals surface area (Å²) in [6, 6.07) is 1.60. The van der Waals surface area contributed by atoms with Crippen LogP contribution in [0.15, 0.2) is 12.1 Å². The lowest BCUT2D eigenvalue weighted by Crippen LogP contribution is -2.44. The summed E-state index contributed by atoms with van der Waals surface area (Å²) in [4.78, 5) is 0. The average molecular weight is 305 g/mol. The maximum absolute atomic E-state index is 13.2. The Bertz CT molecular complexity index is 454. The molecule has 1 unspecified atom stereocenters. The minimum Gasteiger partial charge on any atom is -0.389 e. The van der Waals surface area contributed by atoms with Crippen LogP contribution in [0.1, 0.15) is 31.4 Å². The summed E-state index contributed by atoms with van der Waals surface area (Å²) < 4.78 is 39.3. The lowest BCUT2D eigenvalue weighted by Gasteiger charge is -2.33. The van der Waals surface area contributed by atoms with Gasteiger partial charge in [0.15, 0.2) is 17.5 Å². The molecule has 1 heterocycles. The Morgan fingerprint density at radius 2 is 1.80 bits per heavy atom. The second-order valence-corrected chi connectivity index (χ2v) is 6.46. The molecule has 112 valence electrons. The summed E-state index contributed by atoms with van der Waals surface area (Å²) in [5.41, 5.74) is -0.438. The molecule has 0 radical (unpaired) electrons. The van der Waals surface area contributed by atoms with Gasteiger partial charge in [0, 0.05) is 12.6 Å². The molecule has 2 N–H and O–H groups in total. The van der Waals surface area contributed by atoms with Crippen molar-refractivity contribution in [3.8, 4) is 0 Å². The third-order valence-corrected chi connectivity index (χ3v) is 4.65. The number of rotatable bonds is 4. The minimum atomic E-state index is -1.45. The van der Waals surface area contributed by atoms with Gasteiger partial charge in [-0.05, 0) is 49.0 Å². The Kier molecular flexibility index (Phi) is 4.99. The Balaban J connectivity index is 1.99. The summed E-state index contributed by atoms with van der Waals surface area (Å²) in [5.74, 6) is -2.02. The van der Waals surface area contributed by atoms with Gasteiger partial charge < -0.3 is 10.4 Å². The van der Waals surface area contributed by atoms with Gasteiger partial charge in [0.1, 0.15) is 0 Å². The summed E-state index contributed by atoms with van der Waals surface area (Å²) in [6.45, 7) is 2.09. The molecule has 6 heteroatoms. The number of nitrogens with one attached hydrogen (secondary N) is 1. The van der Waals surface area contributed by atoms with Crippen molar-refractivity contribution in [2.45, 2.75) is 31.4 Å². The fourth-order valence-electron chi connectivity index (χ4n) is 2.21. The van der Waals surface area contributed by atoms with Crippen molar-refractivity contribution >= 4 is 11.8 Å². The standard InChI is InChI=1S/C14H18F3NOS/c1-9(10-6-11(15)13(17)12(16)7-10)18-8-14(19)2-4-20-5-3-14/h6-7,9,18-19H,2-5,8H2,1H3. The average Bonchev–Trinajstić information content (AvgIpc) is 2.42. The second-order valence-electron chi connectivity index (χ2n) is 5.24. The van der Waals surface area contributed by atoms with Gasteiger partial charge in [-0.15, -0.1) is 0 Å². The Morgan fingerprint density at radius 3 is 2.35 bits per heavy atom. The van der Waals surface area contributed by atoms with E-state index < -0.39 is 23.1 Å². The molecule has 0 bridgehead atoms. The van der Waals surface area contributed by atoms with E-state index in [0.717, 1.165) is 23.6 Å². The largest absolute Gasteiger partial charge is 0.389 e. The summed E-state index contributed by atoms with van der Waals surface area (Å²) in [7, 11) is 0. The Morgan fingerprint density at radius 1 is 1.25 bits per heavy atom. The lowest BCUT2D eigenvalue weighted by atomic mass is 9.96. The van der Waals surface area contributed by atoms with Crippen molar-refractivity contribution in [2.24, 2.45) is 0 Å². The van der Waals surface area contributed by atoms with Crippen LogP contribution in [0.3, 0.4) is 0 Å². The predicted molar refractivity (Wildman–Crippen MR) is 74.2 cm³/mol. The van der Waals surface area contributed by atoms with Gasteiger partial charge in [-0.25, -0.2) is 13.2 Å². The van der Waals surface area contributed by atoms with E-state index in [-0.39, 0.29) is 6.04 Å². The van der Waals surface area contributed by atoms with Crippen LogP contribution in [0.2, 0.25) is 0 Å². The summed E-state index contributed by atoms with van der Waals surface area (Å²) in [6.07, 6.45) is 1.40. The number of aliphatic hydroxyl groups is 1. The summed E-state index contributed by atoms with van der Waals surface area (Å²) in [5, 5.41) is 13.4. The molecule has 0 saturated carbocycles. The molecular weight excluding hydrogens is 287 g/mol. The molecule has 0 aromatic heterocycles. The van der Waals surface area contributed by atoms with Crippen molar-refractivity contribution in [1.29, 1.82) is 0 Å². The van der Waals surface area contributed by atoms with Crippen molar-refractivity contribution in [3.63, 3.8) is 0 Å². The van der Waals surface area contributed by atoms with E-state index >= 15 is 0 Å². The number of thioether (sulfide) groups is 1. The molecule has 1 atom stereocenters. The van der Waals surface area contributed by atoms with Crippen LogP contribution in [-0.2, 0) is 0 Å². The van der Waals surface area contributed by atoms with Crippen LogP contribution >= 0.6 is 11.8 Å². The van der Waals surface area contributed by atoms with Crippen LogP contribution in [0.4, 0.5) is 13.2 Å². The molecule has 1 aromatic rings. The SMILES string of the molecule is CC(NCC1(O)CCSCC1)c1cc(F)c(F)c(F)c1. The number of halogens is 3. The molecule has 1 aliphatic heterocycles. The van der Waals surface area contributed by atoms with Crippen LogP contribution in [0.5, 0.6) is 0 Å². The first-order chi connectivity index (χ1) is 9.41. The van der Waals surface area contributed by atoms with Gasteiger partial charge in [-0.2, -0.15) is 11.8 Å². The maximum Gasteiger partial charge on any atom is 0.194 e. The Labute approximate surface area is 120 Å². The highest BCUT2D eigenvalue weighted by molar-refractivity contribution is 7.99. The van der Waals surface area contributed by atoms with E-state index in [1.165, 1.54) is 0 Å². The monoisotopic (exact) mass is 305 g/mol.